The standard InChI is InChI=1S/C20H19Cl2NO2S2/c1-2-25-18-15(21)10-14(11-16(18)22)12-17-19(24)23(20(26)27-17)9-8-13-6-4-3-5-7-13/h3-7,10-11,17H,2,8-9,12H2,1H3/t17-/m0/s1. The van der Waals surface area contributed by atoms with E-state index in [0.717, 1.165) is 12.0 Å². The van der Waals surface area contributed by atoms with Crippen molar-refractivity contribution in [3.05, 3.63) is 63.6 Å². The van der Waals surface area contributed by atoms with Crippen molar-refractivity contribution in [1.82, 2.24) is 4.90 Å². The van der Waals surface area contributed by atoms with E-state index in [9.17, 15) is 4.79 Å². The Morgan fingerprint density at radius 3 is 2.44 bits per heavy atom. The molecule has 0 bridgehead atoms. The van der Waals surface area contributed by atoms with Crippen molar-refractivity contribution in [2.24, 2.45) is 0 Å². The van der Waals surface area contributed by atoms with Crippen molar-refractivity contribution in [3.8, 4) is 5.75 Å². The maximum atomic E-state index is 12.8. The summed E-state index contributed by atoms with van der Waals surface area (Å²) in [6.45, 7) is 2.95. The Balaban J connectivity index is 1.66. The molecule has 27 heavy (non-hydrogen) atoms. The Morgan fingerprint density at radius 1 is 1.15 bits per heavy atom. The number of rotatable bonds is 7. The molecule has 0 aliphatic carbocycles. The predicted octanol–water partition coefficient (Wildman–Crippen LogP) is 5.41. The molecule has 3 rings (SSSR count). The number of thioether (sulfide) groups is 1. The Hall–Kier alpha value is -1.27. The second kappa shape index (κ2) is 9.28. The molecule has 0 aromatic heterocycles. The predicted molar refractivity (Wildman–Crippen MR) is 117 cm³/mol. The fourth-order valence-corrected chi connectivity index (χ4v) is 5.17. The number of thiocarbonyl (C=S) groups is 1. The summed E-state index contributed by atoms with van der Waals surface area (Å²) in [7, 11) is 0. The summed E-state index contributed by atoms with van der Waals surface area (Å²) in [4.78, 5) is 14.5. The molecule has 1 aliphatic heterocycles. The molecular formula is C20H19Cl2NO2S2. The van der Waals surface area contributed by atoms with Gasteiger partial charge in [0.1, 0.15) is 4.32 Å². The summed E-state index contributed by atoms with van der Waals surface area (Å²) < 4.78 is 6.09. The number of hydrogen-bond acceptors (Lipinski definition) is 4. The number of carbonyl (C=O) groups is 1. The molecule has 0 spiro atoms. The number of nitrogens with zero attached hydrogens (tertiary/aromatic N) is 1. The molecule has 0 unspecified atom stereocenters. The summed E-state index contributed by atoms with van der Waals surface area (Å²) in [6.07, 6.45) is 1.30. The quantitative estimate of drug-likeness (QED) is 0.539. The normalized spacial score (nSPS) is 16.9. The van der Waals surface area contributed by atoms with Gasteiger partial charge >= 0.3 is 0 Å². The maximum Gasteiger partial charge on any atom is 0.241 e. The summed E-state index contributed by atoms with van der Waals surface area (Å²) in [5, 5.41) is 0.662. The lowest BCUT2D eigenvalue weighted by atomic mass is 10.1. The maximum absolute atomic E-state index is 12.8. The molecule has 0 saturated carbocycles. The van der Waals surface area contributed by atoms with Gasteiger partial charge < -0.3 is 4.74 Å². The Labute approximate surface area is 179 Å². The molecule has 142 valence electrons. The zero-order valence-electron chi connectivity index (χ0n) is 14.8. The van der Waals surface area contributed by atoms with Crippen molar-refractivity contribution in [1.29, 1.82) is 0 Å². The van der Waals surface area contributed by atoms with Crippen LogP contribution in [0.5, 0.6) is 5.75 Å². The van der Waals surface area contributed by atoms with Crippen molar-refractivity contribution in [2.75, 3.05) is 13.2 Å². The van der Waals surface area contributed by atoms with Crippen molar-refractivity contribution in [2.45, 2.75) is 25.0 Å². The molecule has 1 heterocycles. The first kappa shape index (κ1) is 20.5. The lowest BCUT2D eigenvalue weighted by Crippen LogP contribution is -2.33. The molecule has 1 amide bonds. The second-order valence-electron chi connectivity index (χ2n) is 6.12. The third-order valence-corrected chi connectivity index (χ3v) is 6.39. The zero-order chi connectivity index (χ0) is 19.4. The molecule has 7 heteroatoms. The van der Waals surface area contributed by atoms with Gasteiger partial charge in [-0.2, -0.15) is 0 Å². The molecule has 0 radical (unpaired) electrons. The third-order valence-electron chi connectivity index (χ3n) is 4.24. The smallest absolute Gasteiger partial charge is 0.241 e. The highest BCUT2D eigenvalue weighted by atomic mass is 35.5. The summed E-state index contributed by atoms with van der Waals surface area (Å²) in [6, 6.07) is 13.7. The van der Waals surface area contributed by atoms with E-state index < -0.39 is 0 Å². The van der Waals surface area contributed by atoms with Crippen molar-refractivity contribution >= 4 is 57.4 Å². The van der Waals surface area contributed by atoms with E-state index in [4.69, 9.17) is 40.2 Å². The van der Waals surface area contributed by atoms with Crippen LogP contribution in [0.2, 0.25) is 10.0 Å². The van der Waals surface area contributed by atoms with Gasteiger partial charge in [0.2, 0.25) is 5.91 Å². The van der Waals surface area contributed by atoms with Crippen LogP contribution in [0.4, 0.5) is 0 Å². The number of halogens is 2. The van der Waals surface area contributed by atoms with Gasteiger partial charge in [-0.1, -0.05) is 77.5 Å². The minimum absolute atomic E-state index is 0.0436. The fourth-order valence-electron chi connectivity index (χ4n) is 2.94. The molecule has 2 aromatic rings. The monoisotopic (exact) mass is 439 g/mol. The largest absolute Gasteiger partial charge is 0.491 e. The molecule has 1 aliphatic rings. The van der Waals surface area contributed by atoms with E-state index in [0.29, 0.717) is 39.7 Å². The van der Waals surface area contributed by atoms with Gasteiger partial charge in [-0.25, -0.2) is 0 Å². The number of amides is 1. The number of benzene rings is 2. The highest BCUT2D eigenvalue weighted by molar-refractivity contribution is 8.24. The molecule has 0 N–H and O–H groups in total. The summed E-state index contributed by atoms with van der Waals surface area (Å²) in [5.41, 5.74) is 2.08. The first-order valence-corrected chi connectivity index (χ1v) is 10.7. The lowest BCUT2D eigenvalue weighted by Gasteiger charge is -2.16. The van der Waals surface area contributed by atoms with E-state index in [1.54, 1.807) is 4.90 Å². The van der Waals surface area contributed by atoms with Gasteiger partial charge in [0, 0.05) is 6.54 Å². The van der Waals surface area contributed by atoms with Crippen LogP contribution >= 0.6 is 47.2 Å². The average molecular weight is 440 g/mol. The first-order chi connectivity index (χ1) is 13.0. The van der Waals surface area contributed by atoms with E-state index in [-0.39, 0.29) is 11.2 Å². The SMILES string of the molecule is CCOc1c(Cl)cc(C[C@@H]2SC(=S)N(CCc3ccccc3)C2=O)cc1Cl. The zero-order valence-corrected chi connectivity index (χ0v) is 17.9. The van der Waals surface area contributed by atoms with E-state index in [2.05, 4.69) is 12.1 Å². The van der Waals surface area contributed by atoms with Crippen LogP contribution in [0.25, 0.3) is 0 Å². The first-order valence-electron chi connectivity index (χ1n) is 8.66. The Kier molecular flexibility index (Phi) is 7.04. The van der Waals surface area contributed by atoms with Crippen LogP contribution in [0, 0.1) is 0 Å². The molecule has 1 fully saturated rings. The summed E-state index contributed by atoms with van der Waals surface area (Å²) >= 11 is 19.4. The van der Waals surface area contributed by atoms with Crippen molar-refractivity contribution in [3.63, 3.8) is 0 Å². The highest BCUT2D eigenvalue weighted by Gasteiger charge is 2.36. The number of hydrogen-bond donors (Lipinski definition) is 0. The van der Waals surface area contributed by atoms with Crippen LogP contribution < -0.4 is 4.74 Å². The average Bonchev–Trinajstić information content (AvgIpc) is 2.90. The molecule has 3 nitrogen and oxygen atoms in total. The van der Waals surface area contributed by atoms with E-state index >= 15 is 0 Å². The minimum atomic E-state index is -0.252. The Morgan fingerprint density at radius 2 is 1.81 bits per heavy atom. The highest BCUT2D eigenvalue weighted by Crippen LogP contribution is 2.36. The molecular weight excluding hydrogens is 421 g/mol. The Bertz CT molecular complexity index is 822. The van der Waals surface area contributed by atoms with Gasteiger partial charge in [-0.15, -0.1) is 0 Å². The van der Waals surface area contributed by atoms with Gasteiger partial charge in [0.25, 0.3) is 0 Å². The van der Waals surface area contributed by atoms with Crippen LogP contribution in [-0.2, 0) is 17.6 Å². The van der Waals surface area contributed by atoms with Crippen LogP contribution in [0.1, 0.15) is 18.1 Å². The van der Waals surface area contributed by atoms with Crippen molar-refractivity contribution < 1.29 is 9.53 Å². The van der Waals surface area contributed by atoms with Crippen LogP contribution in [0.15, 0.2) is 42.5 Å². The summed E-state index contributed by atoms with van der Waals surface area (Å²) in [5.74, 6) is 0.525. The minimum Gasteiger partial charge on any atom is -0.491 e. The van der Waals surface area contributed by atoms with E-state index in [1.165, 1.54) is 17.3 Å². The molecule has 1 saturated heterocycles. The lowest BCUT2D eigenvalue weighted by molar-refractivity contribution is -0.126. The van der Waals surface area contributed by atoms with Crippen LogP contribution in [-0.4, -0.2) is 33.5 Å². The number of ether oxygens (including phenoxy) is 1. The van der Waals surface area contributed by atoms with Gasteiger partial charge in [0.15, 0.2) is 5.75 Å². The molecule has 1 atom stereocenters. The molecule has 2 aromatic carbocycles. The van der Waals surface area contributed by atoms with E-state index in [1.807, 2.05) is 37.3 Å². The topological polar surface area (TPSA) is 29.5 Å². The van der Waals surface area contributed by atoms with Gasteiger partial charge in [-0.05, 0) is 43.0 Å². The third kappa shape index (κ3) is 4.96. The van der Waals surface area contributed by atoms with Gasteiger partial charge in [-0.3, -0.25) is 9.69 Å². The second-order valence-corrected chi connectivity index (χ2v) is 8.77. The van der Waals surface area contributed by atoms with Crippen LogP contribution in [0.3, 0.4) is 0 Å². The number of carbonyl (C=O) groups excluding carboxylic acids is 1. The van der Waals surface area contributed by atoms with Gasteiger partial charge in [0.05, 0.1) is 21.9 Å². The fraction of sp³-hybridized carbons (Fsp3) is 0.300.